The van der Waals surface area contributed by atoms with E-state index in [1.807, 2.05) is 22.8 Å². The molecule has 2 heterocycles. The van der Waals surface area contributed by atoms with Gasteiger partial charge < -0.3 is 10.3 Å². The van der Waals surface area contributed by atoms with Crippen LogP contribution in [0.25, 0.3) is 11.0 Å². The molecule has 2 aromatic heterocycles. The zero-order chi connectivity index (χ0) is 12.5. The smallest absolute Gasteiger partial charge is 0.201 e. The van der Waals surface area contributed by atoms with E-state index in [2.05, 4.69) is 9.97 Å². The molecular weight excluding hydrogens is 231 g/mol. The van der Waals surface area contributed by atoms with Crippen molar-refractivity contribution < 1.29 is 4.39 Å². The van der Waals surface area contributed by atoms with Crippen molar-refractivity contribution in [2.24, 2.45) is 0 Å². The fourth-order valence-electron chi connectivity index (χ4n) is 1.94. The number of nitrogens with two attached hydrogens (primary N) is 1. The Kier molecular flexibility index (Phi) is 2.44. The first-order chi connectivity index (χ1) is 8.74. The molecule has 0 bridgehead atoms. The summed E-state index contributed by atoms with van der Waals surface area (Å²) in [4.78, 5) is 8.38. The van der Waals surface area contributed by atoms with E-state index in [4.69, 9.17) is 5.73 Å². The summed E-state index contributed by atoms with van der Waals surface area (Å²) in [5.41, 5.74) is 8.10. The number of nitrogens with zero attached hydrogens (tertiary/aromatic N) is 3. The second kappa shape index (κ2) is 4.10. The lowest BCUT2D eigenvalue weighted by Gasteiger charge is -2.05. The van der Waals surface area contributed by atoms with E-state index < -0.39 is 0 Å². The van der Waals surface area contributed by atoms with Crippen LogP contribution < -0.4 is 5.73 Å². The number of rotatable bonds is 2. The third-order valence-corrected chi connectivity index (χ3v) is 2.79. The summed E-state index contributed by atoms with van der Waals surface area (Å²) < 4.78 is 14.9. The van der Waals surface area contributed by atoms with E-state index in [-0.39, 0.29) is 5.82 Å². The number of imidazole rings is 1. The van der Waals surface area contributed by atoms with Gasteiger partial charge in [0.25, 0.3) is 0 Å². The number of anilines is 1. The molecular formula is C13H11FN4. The zero-order valence-electron chi connectivity index (χ0n) is 9.55. The van der Waals surface area contributed by atoms with E-state index >= 15 is 0 Å². The predicted molar refractivity (Wildman–Crippen MR) is 67.4 cm³/mol. The van der Waals surface area contributed by atoms with Gasteiger partial charge in [0.2, 0.25) is 5.95 Å². The number of pyridine rings is 1. The quantitative estimate of drug-likeness (QED) is 0.749. The standard InChI is InChI=1S/C13H11FN4/c14-9-4-5-12-11(7-9)17-13(15)18(12)8-10-3-1-2-6-16-10/h1-7H,8H2,(H2,15,17). The molecule has 4 nitrogen and oxygen atoms in total. The van der Waals surface area contributed by atoms with Crippen LogP contribution in [-0.2, 0) is 6.54 Å². The Balaban J connectivity index is 2.09. The lowest BCUT2D eigenvalue weighted by atomic mass is 10.3. The van der Waals surface area contributed by atoms with Gasteiger partial charge in [-0.25, -0.2) is 9.37 Å². The molecule has 1 aromatic carbocycles. The fraction of sp³-hybridized carbons (Fsp3) is 0.0769. The van der Waals surface area contributed by atoms with Gasteiger partial charge in [-0.05, 0) is 24.3 Å². The molecule has 5 heteroatoms. The highest BCUT2D eigenvalue weighted by molar-refractivity contribution is 5.78. The minimum absolute atomic E-state index is 0.315. The monoisotopic (exact) mass is 242 g/mol. The maximum absolute atomic E-state index is 13.1. The van der Waals surface area contributed by atoms with Crippen LogP contribution in [-0.4, -0.2) is 14.5 Å². The maximum Gasteiger partial charge on any atom is 0.201 e. The average molecular weight is 242 g/mol. The highest BCUT2D eigenvalue weighted by Crippen LogP contribution is 2.19. The number of hydrogen-bond donors (Lipinski definition) is 1. The summed E-state index contributed by atoms with van der Waals surface area (Å²) >= 11 is 0. The molecule has 0 aliphatic carbocycles. The first-order valence-corrected chi connectivity index (χ1v) is 5.55. The van der Waals surface area contributed by atoms with Crippen LogP contribution in [0.15, 0.2) is 42.6 Å². The number of aromatic nitrogens is 3. The van der Waals surface area contributed by atoms with Crippen molar-refractivity contribution in [3.63, 3.8) is 0 Å². The average Bonchev–Trinajstić information content (AvgIpc) is 2.66. The number of benzene rings is 1. The molecule has 0 atom stereocenters. The van der Waals surface area contributed by atoms with E-state index in [0.29, 0.717) is 18.0 Å². The van der Waals surface area contributed by atoms with Crippen molar-refractivity contribution in [2.45, 2.75) is 6.54 Å². The summed E-state index contributed by atoms with van der Waals surface area (Å²) in [5.74, 6) is 0.0474. The Morgan fingerprint density at radius 2 is 2.11 bits per heavy atom. The zero-order valence-corrected chi connectivity index (χ0v) is 9.55. The Morgan fingerprint density at radius 1 is 1.22 bits per heavy atom. The minimum atomic E-state index is -0.315. The topological polar surface area (TPSA) is 56.7 Å². The molecule has 0 fully saturated rings. The van der Waals surface area contributed by atoms with Gasteiger partial charge in [0.1, 0.15) is 5.82 Å². The maximum atomic E-state index is 13.1. The molecule has 18 heavy (non-hydrogen) atoms. The van der Waals surface area contributed by atoms with Crippen molar-refractivity contribution in [3.8, 4) is 0 Å². The van der Waals surface area contributed by atoms with Gasteiger partial charge in [0, 0.05) is 12.3 Å². The van der Waals surface area contributed by atoms with Crippen molar-refractivity contribution in [1.29, 1.82) is 0 Å². The van der Waals surface area contributed by atoms with Gasteiger partial charge in [-0.2, -0.15) is 0 Å². The molecule has 3 rings (SSSR count). The van der Waals surface area contributed by atoms with Gasteiger partial charge in [-0.15, -0.1) is 0 Å². The molecule has 0 radical (unpaired) electrons. The summed E-state index contributed by atoms with van der Waals surface area (Å²) in [7, 11) is 0. The van der Waals surface area contributed by atoms with Crippen molar-refractivity contribution in [1.82, 2.24) is 14.5 Å². The summed E-state index contributed by atoms with van der Waals surface area (Å²) in [5, 5.41) is 0. The highest BCUT2D eigenvalue weighted by atomic mass is 19.1. The lowest BCUT2D eigenvalue weighted by molar-refractivity contribution is 0.629. The number of fused-ring (bicyclic) bond motifs is 1. The summed E-state index contributed by atoms with van der Waals surface area (Å²) in [6.45, 7) is 0.523. The van der Waals surface area contributed by atoms with Gasteiger partial charge in [0.15, 0.2) is 0 Å². The van der Waals surface area contributed by atoms with Crippen LogP contribution in [0.4, 0.5) is 10.3 Å². The summed E-state index contributed by atoms with van der Waals surface area (Å²) in [6, 6.07) is 10.1. The molecule has 90 valence electrons. The van der Waals surface area contributed by atoms with E-state index in [1.165, 1.54) is 12.1 Å². The van der Waals surface area contributed by atoms with Crippen LogP contribution in [0.2, 0.25) is 0 Å². The second-order valence-electron chi connectivity index (χ2n) is 4.01. The van der Waals surface area contributed by atoms with E-state index in [0.717, 1.165) is 11.2 Å². The Morgan fingerprint density at radius 3 is 2.89 bits per heavy atom. The molecule has 0 amide bonds. The van der Waals surface area contributed by atoms with Gasteiger partial charge in [0.05, 0.1) is 23.3 Å². The molecule has 0 saturated heterocycles. The van der Waals surface area contributed by atoms with Crippen LogP contribution in [0.3, 0.4) is 0 Å². The molecule has 0 unspecified atom stereocenters. The lowest BCUT2D eigenvalue weighted by Crippen LogP contribution is -2.05. The van der Waals surface area contributed by atoms with E-state index in [9.17, 15) is 4.39 Å². The predicted octanol–water partition coefficient (Wildman–Crippen LogP) is 2.20. The third kappa shape index (κ3) is 1.79. The Hall–Kier alpha value is -2.43. The largest absolute Gasteiger partial charge is 0.369 e. The minimum Gasteiger partial charge on any atom is -0.369 e. The Bertz CT molecular complexity index is 691. The van der Waals surface area contributed by atoms with Gasteiger partial charge >= 0.3 is 0 Å². The molecule has 0 aliphatic rings. The first-order valence-electron chi connectivity index (χ1n) is 5.55. The summed E-state index contributed by atoms with van der Waals surface area (Å²) in [6.07, 6.45) is 1.73. The second-order valence-corrected chi connectivity index (χ2v) is 4.01. The van der Waals surface area contributed by atoms with E-state index in [1.54, 1.807) is 12.3 Å². The van der Waals surface area contributed by atoms with Crippen molar-refractivity contribution in [3.05, 3.63) is 54.1 Å². The fourth-order valence-corrected chi connectivity index (χ4v) is 1.94. The normalized spacial score (nSPS) is 10.9. The van der Waals surface area contributed by atoms with Crippen LogP contribution in [0.5, 0.6) is 0 Å². The first kappa shape index (κ1) is 10.7. The van der Waals surface area contributed by atoms with Gasteiger partial charge in [-0.3, -0.25) is 4.98 Å². The van der Waals surface area contributed by atoms with Crippen LogP contribution in [0.1, 0.15) is 5.69 Å². The molecule has 3 aromatic rings. The van der Waals surface area contributed by atoms with Crippen LogP contribution in [0, 0.1) is 5.82 Å². The molecule has 0 saturated carbocycles. The van der Waals surface area contributed by atoms with Crippen molar-refractivity contribution >= 4 is 17.0 Å². The molecule has 0 aliphatic heterocycles. The number of nitrogen functional groups attached to an aromatic ring is 1. The number of hydrogen-bond acceptors (Lipinski definition) is 3. The van der Waals surface area contributed by atoms with Crippen LogP contribution >= 0.6 is 0 Å². The number of halogens is 1. The SMILES string of the molecule is Nc1nc2cc(F)ccc2n1Cc1ccccn1. The molecule has 2 N–H and O–H groups in total. The van der Waals surface area contributed by atoms with Crippen molar-refractivity contribution in [2.75, 3.05) is 5.73 Å². The third-order valence-electron chi connectivity index (χ3n) is 2.79. The molecule has 0 spiro atoms. The highest BCUT2D eigenvalue weighted by Gasteiger charge is 2.09. The Labute approximate surface area is 103 Å². The van der Waals surface area contributed by atoms with Gasteiger partial charge in [-0.1, -0.05) is 6.07 Å².